The number of hydrogen-bond acceptors (Lipinski definition) is 1. The third-order valence-electron chi connectivity index (χ3n) is 4.47. The SMILES string of the molecule is CCCCCCCCCCCCCCCCCCN(Cl)C(=N)N. The van der Waals surface area contributed by atoms with E-state index in [4.69, 9.17) is 22.9 Å². The fourth-order valence-electron chi connectivity index (χ4n) is 2.92. The largest absolute Gasteiger partial charge is 0.369 e. The highest BCUT2D eigenvalue weighted by Crippen LogP contribution is 2.13. The predicted molar refractivity (Wildman–Crippen MR) is 104 cm³/mol. The maximum Gasteiger partial charge on any atom is 0.203 e. The predicted octanol–water partition coefficient (Wildman–Crippen LogP) is 6.60. The molecule has 0 unspecified atom stereocenters. The maximum absolute atomic E-state index is 7.16. The van der Waals surface area contributed by atoms with E-state index in [1.54, 1.807) is 0 Å². The van der Waals surface area contributed by atoms with E-state index in [2.05, 4.69) is 6.92 Å². The van der Waals surface area contributed by atoms with E-state index in [9.17, 15) is 0 Å². The van der Waals surface area contributed by atoms with E-state index in [0.717, 1.165) is 6.42 Å². The van der Waals surface area contributed by atoms with Gasteiger partial charge in [-0.05, 0) is 6.42 Å². The Kier molecular flexibility index (Phi) is 17.6. The van der Waals surface area contributed by atoms with Crippen LogP contribution in [0.4, 0.5) is 0 Å². The average Bonchev–Trinajstić information content (AvgIpc) is 2.54. The van der Waals surface area contributed by atoms with Gasteiger partial charge in [0, 0.05) is 18.3 Å². The van der Waals surface area contributed by atoms with Crippen LogP contribution in [0.3, 0.4) is 0 Å². The second-order valence-electron chi connectivity index (χ2n) is 6.77. The first kappa shape index (κ1) is 22.6. The Hall–Kier alpha value is -0.440. The third kappa shape index (κ3) is 17.7. The highest BCUT2D eigenvalue weighted by molar-refractivity contribution is 6.21. The molecule has 0 fully saturated rings. The number of guanidine groups is 1. The van der Waals surface area contributed by atoms with Crippen LogP contribution in [0.2, 0.25) is 0 Å². The molecule has 0 amide bonds. The van der Waals surface area contributed by atoms with Crippen molar-refractivity contribution in [1.29, 1.82) is 5.41 Å². The molecular formula is C19H40ClN3. The molecule has 138 valence electrons. The number of hydrogen-bond donors (Lipinski definition) is 2. The molecule has 0 heterocycles. The lowest BCUT2D eigenvalue weighted by Crippen LogP contribution is -2.29. The molecule has 0 aromatic heterocycles. The Morgan fingerprint density at radius 3 is 1.30 bits per heavy atom. The fourth-order valence-corrected chi connectivity index (χ4v) is 3.04. The van der Waals surface area contributed by atoms with Crippen molar-refractivity contribution in [3.05, 3.63) is 0 Å². The summed E-state index contributed by atoms with van der Waals surface area (Å²) < 4.78 is 1.30. The average molecular weight is 346 g/mol. The molecule has 0 aliphatic carbocycles. The molecule has 0 aromatic carbocycles. The van der Waals surface area contributed by atoms with E-state index in [-0.39, 0.29) is 5.96 Å². The summed E-state index contributed by atoms with van der Waals surface area (Å²) in [6, 6.07) is 0. The minimum atomic E-state index is -0.0485. The van der Waals surface area contributed by atoms with Crippen molar-refractivity contribution in [2.45, 2.75) is 110 Å². The normalized spacial score (nSPS) is 10.9. The Balaban J connectivity index is 3.04. The zero-order valence-corrected chi connectivity index (χ0v) is 16.2. The van der Waals surface area contributed by atoms with Gasteiger partial charge in [0.15, 0.2) is 0 Å². The van der Waals surface area contributed by atoms with E-state index >= 15 is 0 Å². The van der Waals surface area contributed by atoms with Crippen LogP contribution in [0.15, 0.2) is 0 Å². The minimum Gasteiger partial charge on any atom is -0.369 e. The van der Waals surface area contributed by atoms with E-state index in [1.165, 1.54) is 101 Å². The van der Waals surface area contributed by atoms with Gasteiger partial charge >= 0.3 is 0 Å². The van der Waals surface area contributed by atoms with E-state index in [1.807, 2.05) is 0 Å². The van der Waals surface area contributed by atoms with Gasteiger partial charge in [-0.3, -0.25) is 9.83 Å². The fraction of sp³-hybridized carbons (Fsp3) is 0.947. The first-order valence-corrected chi connectivity index (χ1v) is 10.3. The Morgan fingerprint density at radius 2 is 1.00 bits per heavy atom. The van der Waals surface area contributed by atoms with Crippen molar-refractivity contribution in [3.63, 3.8) is 0 Å². The van der Waals surface area contributed by atoms with Gasteiger partial charge in [0.2, 0.25) is 5.96 Å². The van der Waals surface area contributed by atoms with Crippen molar-refractivity contribution >= 4 is 17.7 Å². The summed E-state index contributed by atoms with van der Waals surface area (Å²) in [5, 5.41) is 7.16. The number of nitrogens with one attached hydrogen (secondary N) is 1. The van der Waals surface area contributed by atoms with E-state index in [0.29, 0.717) is 6.54 Å². The van der Waals surface area contributed by atoms with Crippen molar-refractivity contribution in [1.82, 2.24) is 4.42 Å². The van der Waals surface area contributed by atoms with E-state index < -0.39 is 0 Å². The highest BCUT2D eigenvalue weighted by Gasteiger charge is 2.01. The lowest BCUT2D eigenvalue weighted by Gasteiger charge is -2.12. The number of unbranched alkanes of at least 4 members (excludes halogenated alkanes) is 15. The molecule has 0 saturated carbocycles. The lowest BCUT2D eigenvalue weighted by atomic mass is 10.0. The Bertz CT molecular complexity index is 259. The van der Waals surface area contributed by atoms with Crippen LogP contribution in [0.25, 0.3) is 0 Å². The molecule has 0 saturated heterocycles. The molecule has 0 aromatic rings. The van der Waals surface area contributed by atoms with Crippen molar-refractivity contribution in [2.75, 3.05) is 6.54 Å². The first-order valence-electron chi connectivity index (χ1n) is 9.95. The van der Waals surface area contributed by atoms with Gasteiger partial charge in [0.05, 0.1) is 0 Å². The van der Waals surface area contributed by atoms with Gasteiger partial charge in [-0.15, -0.1) is 0 Å². The van der Waals surface area contributed by atoms with Gasteiger partial charge in [-0.2, -0.15) is 0 Å². The summed E-state index contributed by atoms with van der Waals surface area (Å²) in [6.07, 6.45) is 21.9. The highest BCUT2D eigenvalue weighted by atomic mass is 35.5. The maximum atomic E-state index is 7.16. The van der Waals surface area contributed by atoms with Crippen LogP contribution >= 0.6 is 11.8 Å². The molecule has 23 heavy (non-hydrogen) atoms. The number of nitrogens with zero attached hydrogens (tertiary/aromatic N) is 1. The molecule has 0 spiro atoms. The van der Waals surface area contributed by atoms with Crippen molar-refractivity contribution in [3.8, 4) is 0 Å². The van der Waals surface area contributed by atoms with Gasteiger partial charge in [-0.25, -0.2) is 0 Å². The second kappa shape index (κ2) is 17.9. The van der Waals surface area contributed by atoms with Crippen molar-refractivity contribution in [2.24, 2.45) is 5.73 Å². The van der Waals surface area contributed by atoms with Gasteiger partial charge in [0.25, 0.3) is 0 Å². The Morgan fingerprint density at radius 1 is 0.696 bits per heavy atom. The molecule has 3 nitrogen and oxygen atoms in total. The van der Waals surface area contributed by atoms with Crippen LogP contribution < -0.4 is 5.73 Å². The summed E-state index contributed by atoms with van der Waals surface area (Å²) in [5.41, 5.74) is 5.28. The molecule has 0 aliphatic rings. The summed E-state index contributed by atoms with van der Waals surface area (Å²) in [5.74, 6) is -0.0485. The standard InChI is InChI=1S/C19H40ClN3/c1-2-3-4-5-6-7-8-9-10-11-12-13-14-15-16-17-18-23(20)19(21)22/h2-18H2,1H3,(H3,21,22). The van der Waals surface area contributed by atoms with Crippen LogP contribution in [-0.2, 0) is 0 Å². The Labute approximate surface area is 150 Å². The minimum absolute atomic E-state index is 0.0485. The first-order chi connectivity index (χ1) is 11.2. The smallest absolute Gasteiger partial charge is 0.203 e. The molecule has 0 atom stereocenters. The number of halogens is 1. The summed E-state index contributed by atoms with van der Waals surface area (Å²) in [7, 11) is 0. The lowest BCUT2D eigenvalue weighted by molar-refractivity contribution is 0.518. The van der Waals surface area contributed by atoms with Crippen LogP contribution in [0, 0.1) is 5.41 Å². The van der Waals surface area contributed by atoms with Gasteiger partial charge in [-0.1, -0.05) is 103 Å². The van der Waals surface area contributed by atoms with Crippen LogP contribution in [0.1, 0.15) is 110 Å². The monoisotopic (exact) mass is 345 g/mol. The molecule has 4 heteroatoms. The van der Waals surface area contributed by atoms with Gasteiger partial charge < -0.3 is 5.73 Å². The van der Waals surface area contributed by atoms with Crippen molar-refractivity contribution < 1.29 is 0 Å². The molecule has 3 N–H and O–H groups in total. The van der Waals surface area contributed by atoms with Crippen LogP contribution in [0.5, 0.6) is 0 Å². The number of nitrogens with two attached hydrogens (primary N) is 1. The van der Waals surface area contributed by atoms with Crippen LogP contribution in [-0.4, -0.2) is 16.9 Å². The van der Waals surface area contributed by atoms with Gasteiger partial charge in [0.1, 0.15) is 0 Å². The molecule has 0 rings (SSSR count). The summed E-state index contributed by atoms with van der Waals surface area (Å²) in [6.45, 7) is 2.97. The molecule has 0 aliphatic heterocycles. The summed E-state index contributed by atoms with van der Waals surface area (Å²) in [4.78, 5) is 0. The quantitative estimate of drug-likeness (QED) is 0.135. The topological polar surface area (TPSA) is 53.1 Å². The third-order valence-corrected chi connectivity index (χ3v) is 4.82. The number of rotatable bonds is 17. The summed E-state index contributed by atoms with van der Waals surface area (Å²) >= 11 is 5.76. The molecular weight excluding hydrogens is 306 g/mol. The molecule has 0 bridgehead atoms. The zero-order chi connectivity index (χ0) is 17.2. The second-order valence-corrected chi connectivity index (χ2v) is 7.18. The zero-order valence-electron chi connectivity index (χ0n) is 15.4. The molecule has 0 radical (unpaired) electrons.